The van der Waals surface area contributed by atoms with Gasteiger partial charge in [0.05, 0.1) is 26.0 Å². The number of aliphatic hydroxyl groups excluding tert-OH is 1. The summed E-state index contributed by atoms with van der Waals surface area (Å²) in [5.41, 5.74) is 3.86. The molecule has 35 heavy (non-hydrogen) atoms. The highest BCUT2D eigenvalue weighted by molar-refractivity contribution is 6.31. The second-order valence-corrected chi connectivity index (χ2v) is 8.29. The summed E-state index contributed by atoms with van der Waals surface area (Å²) < 4.78 is 16.0. The van der Waals surface area contributed by atoms with E-state index >= 15 is 0 Å². The van der Waals surface area contributed by atoms with Crippen LogP contribution in [0.4, 0.5) is 0 Å². The minimum absolute atomic E-state index is 0.00856. The fourth-order valence-electron chi connectivity index (χ4n) is 3.52. The van der Waals surface area contributed by atoms with Crippen molar-refractivity contribution < 1.29 is 28.9 Å². The van der Waals surface area contributed by atoms with E-state index in [2.05, 4.69) is 4.98 Å². The summed E-state index contributed by atoms with van der Waals surface area (Å²) in [5.74, 6) is 0.370. The molecule has 0 fully saturated rings. The molecule has 0 aliphatic rings. The van der Waals surface area contributed by atoms with Crippen molar-refractivity contribution in [1.82, 2.24) is 4.98 Å². The number of aliphatic hydroxyl groups is 1. The Balaban J connectivity index is 1.76. The Morgan fingerprint density at radius 1 is 0.971 bits per heavy atom. The van der Waals surface area contributed by atoms with Crippen LogP contribution in [-0.4, -0.2) is 49.1 Å². The number of carbonyl (C=O) groups excluding carboxylic acids is 2. The van der Waals surface area contributed by atoms with Crippen LogP contribution in [0, 0.1) is 6.92 Å². The van der Waals surface area contributed by atoms with E-state index < -0.39 is 0 Å². The fourth-order valence-corrected chi connectivity index (χ4v) is 3.70. The van der Waals surface area contributed by atoms with Crippen molar-refractivity contribution in [3.63, 3.8) is 0 Å². The Hall–Kier alpha value is -3.26. The molecule has 0 radical (unpaired) electrons. The highest BCUT2D eigenvalue weighted by Crippen LogP contribution is 2.30. The molecule has 1 heterocycles. The molecule has 0 aliphatic heterocycles. The average Bonchev–Trinajstić information content (AvgIpc) is 2.87. The number of ether oxygens (including phenoxy) is 3. The number of ketones is 2. The maximum atomic E-state index is 12.9. The topological polar surface area (TPSA) is 95.0 Å². The zero-order chi connectivity index (χ0) is 25.4. The van der Waals surface area contributed by atoms with Gasteiger partial charge in [0, 0.05) is 41.7 Å². The van der Waals surface area contributed by atoms with Gasteiger partial charge in [-0.3, -0.25) is 9.59 Å². The van der Waals surface area contributed by atoms with Gasteiger partial charge in [-0.25, -0.2) is 4.98 Å². The van der Waals surface area contributed by atoms with Gasteiger partial charge in [0.2, 0.25) is 0 Å². The Labute approximate surface area is 209 Å². The molecule has 0 unspecified atom stereocenters. The number of rotatable bonds is 12. The van der Waals surface area contributed by atoms with Crippen LogP contribution in [0.5, 0.6) is 11.5 Å². The summed E-state index contributed by atoms with van der Waals surface area (Å²) in [7, 11) is 3.06. The van der Waals surface area contributed by atoms with Crippen LogP contribution in [0.15, 0.2) is 48.5 Å². The Bertz CT molecular complexity index is 1210. The zero-order valence-electron chi connectivity index (χ0n) is 20.0. The minimum Gasteiger partial charge on any atom is -0.493 e. The minimum atomic E-state index is -0.239. The molecule has 7 nitrogen and oxygen atoms in total. The first-order valence-corrected chi connectivity index (χ1v) is 11.5. The molecule has 184 valence electrons. The van der Waals surface area contributed by atoms with Crippen LogP contribution in [0.1, 0.15) is 44.8 Å². The molecule has 0 spiro atoms. The molecule has 0 saturated carbocycles. The monoisotopic (exact) mass is 497 g/mol. The lowest BCUT2D eigenvalue weighted by Crippen LogP contribution is -2.09. The SMILES string of the molecule is COCc1ccc(C(=O)CCC(=O)c2ccc(OCCO)c(OC)c2)nc1-c1ccc(C)c(Cl)c1. The maximum absolute atomic E-state index is 12.9. The van der Waals surface area contributed by atoms with Crippen LogP contribution in [-0.2, 0) is 11.3 Å². The van der Waals surface area contributed by atoms with Gasteiger partial charge < -0.3 is 19.3 Å². The number of hydrogen-bond acceptors (Lipinski definition) is 7. The Morgan fingerprint density at radius 2 is 1.74 bits per heavy atom. The second-order valence-electron chi connectivity index (χ2n) is 7.89. The lowest BCUT2D eigenvalue weighted by atomic mass is 10.0. The molecule has 2 aromatic carbocycles. The summed E-state index contributed by atoms with van der Waals surface area (Å²) in [6, 6.07) is 13.9. The molecule has 1 N–H and O–H groups in total. The first kappa shape index (κ1) is 26.3. The number of nitrogens with zero attached hydrogens (tertiary/aromatic N) is 1. The van der Waals surface area contributed by atoms with Gasteiger partial charge >= 0.3 is 0 Å². The van der Waals surface area contributed by atoms with Crippen molar-refractivity contribution in [2.24, 2.45) is 0 Å². The summed E-state index contributed by atoms with van der Waals surface area (Å²) in [4.78, 5) is 30.2. The quantitative estimate of drug-likeness (QED) is 0.348. The largest absolute Gasteiger partial charge is 0.493 e. The lowest BCUT2D eigenvalue weighted by Gasteiger charge is -2.12. The van der Waals surface area contributed by atoms with Crippen molar-refractivity contribution in [1.29, 1.82) is 0 Å². The van der Waals surface area contributed by atoms with Crippen LogP contribution >= 0.6 is 11.6 Å². The van der Waals surface area contributed by atoms with Crippen molar-refractivity contribution in [2.75, 3.05) is 27.4 Å². The van der Waals surface area contributed by atoms with E-state index in [1.54, 1.807) is 31.4 Å². The fraction of sp³-hybridized carbons (Fsp3) is 0.296. The van der Waals surface area contributed by atoms with Gasteiger partial charge in [-0.1, -0.05) is 29.8 Å². The predicted octanol–water partition coefficient (Wildman–Crippen LogP) is 5.08. The molecule has 8 heteroatoms. The number of aryl methyl sites for hydroxylation is 1. The van der Waals surface area contributed by atoms with E-state index in [4.69, 9.17) is 30.9 Å². The van der Waals surface area contributed by atoms with Crippen LogP contribution in [0.25, 0.3) is 11.3 Å². The standard InChI is InChI=1S/C27H28ClNO6/c1-17-4-5-19(14-21(17)28)27-20(16-33-2)6-8-22(29-27)24(32)10-9-23(31)18-7-11-25(35-13-12-30)26(15-18)34-3/h4-8,11,14-15,30H,9-10,12-13,16H2,1-3H3. The van der Waals surface area contributed by atoms with Gasteiger partial charge in [0.25, 0.3) is 0 Å². The highest BCUT2D eigenvalue weighted by Gasteiger charge is 2.17. The Kier molecular flexibility index (Phi) is 9.37. The van der Waals surface area contributed by atoms with Crippen LogP contribution in [0.3, 0.4) is 0 Å². The number of pyridine rings is 1. The predicted molar refractivity (Wildman–Crippen MR) is 134 cm³/mol. The highest BCUT2D eigenvalue weighted by atomic mass is 35.5. The van der Waals surface area contributed by atoms with Crippen molar-refractivity contribution >= 4 is 23.2 Å². The van der Waals surface area contributed by atoms with Crippen LogP contribution in [0.2, 0.25) is 5.02 Å². The van der Waals surface area contributed by atoms with E-state index in [9.17, 15) is 9.59 Å². The molecule has 0 aliphatic carbocycles. The van der Waals surface area contributed by atoms with Crippen molar-refractivity contribution in [2.45, 2.75) is 26.4 Å². The van der Waals surface area contributed by atoms with Crippen LogP contribution < -0.4 is 9.47 Å². The summed E-state index contributed by atoms with van der Waals surface area (Å²) in [6.07, 6.45) is 0.0284. The number of methoxy groups -OCH3 is 2. The van der Waals surface area contributed by atoms with Gasteiger partial charge in [-0.2, -0.15) is 0 Å². The summed E-state index contributed by atoms with van der Waals surface area (Å²) in [6.45, 7) is 2.23. The summed E-state index contributed by atoms with van der Waals surface area (Å²) >= 11 is 6.30. The van der Waals surface area contributed by atoms with Gasteiger partial charge in [0.1, 0.15) is 12.3 Å². The second kappa shape index (κ2) is 12.4. The molecule has 0 bridgehead atoms. The third kappa shape index (κ3) is 6.66. The maximum Gasteiger partial charge on any atom is 0.181 e. The van der Waals surface area contributed by atoms with Gasteiger partial charge in [0.15, 0.2) is 23.1 Å². The van der Waals surface area contributed by atoms with Gasteiger partial charge in [-0.15, -0.1) is 0 Å². The van der Waals surface area contributed by atoms with Gasteiger partial charge in [-0.05, 0) is 42.8 Å². The van der Waals surface area contributed by atoms with E-state index in [0.29, 0.717) is 34.4 Å². The molecule has 0 saturated heterocycles. The Morgan fingerprint density at radius 3 is 2.43 bits per heavy atom. The number of carbonyl (C=O) groups is 2. The number of halogens is 1. The zero-order valence-corrected chi connectivity index (χ0v) is 20.7. The first-order chi connectivity index (χ1) is 16.9. The lowest BCUT2D eigenvalue weighted by molar-refractivity contribution is 0.0914. The van der Waals surface area contributed by atoms with Crippen molar-refractivity contribution in [3.8, 4) is 22.8 Å². The normalized spacial score (nSPS) is 10.8. The number of benzene rings is 2. The molecular weight excluding hydrogens is 470 g/mol. The molecule has 1 aromatic heterocycles. The first-order valence-electron chi connectivity index (χ1n) is 11.1. The van der Waals surface area contributed by atoms with E-state index in [1.807, 2.05) is 31.2 Å². The third-order valence-electron chi connectivity index (χ3n) is 5.42. The molecule has 3 rings (SSSR count). The average molecular weight is 498 g/mol. The third-order valence-corrected chi connectivity index (χ3v) is 5.83. The molecule has 0 amide bonds. The van der Waals surface area contributed by atoms with Crippen molar-refractivity contribution in [3.05, 3.63) is 75.9 Å². The van der Waals surface area contributed by atoms with E-state index in [-0.39, 0.29) is 43.3 Å². The smallest absolute Gasteiger partial charge is 0.181 e. The summed E-state index contributed by atoms with van der Waals surface area (Å²) in [5, 5.41) is 9.54. The van der Waals surface area contributed by atoms with E-state index in [0.717, 1.165) is 16.7 Å². The molecule has 0 atom stereocenters. The number of aromatic nitrogens is 1. The van der Waals surface area contributed by atoms with E-state index in [1.165, 1.54) is 7.11 Å². The number of Topliss-reactive ketones (excluding diaryl/α,β-unsaturated/α-hetero) is 2. The molecular formula is C27H28ClNO6. The molecule has 3 aromatic rings. The number of hydrogen-bond donors (Lipinski definition) is 1.